The summed E-state index contributed by atoms with van der Waals surface area (Å²) in [7, 11) is 1.68. The van der Waals surface area contributed by atoms with Crippen molar-refractivity contribution in [2.45, 2.75) is 25.0 Å². The molecule has 1 saturated carbocycles. The van der Waals surface area contributed by atoms with Gasteiger partial charge in [-0.3, -0.25) is 9.55 Å². The number of imidazole rings is 1. The fourth-order valence-electron chi connectivity index (χ4n) is 3.09. The van der Waals surface area contributed by atoms with Crippen LogP contribution in [0, 0.1) is 5.82 Å². The van der Waals surface area contributed by atoms with E-state index in [0.29, 0.717) is 15.5 Å². The maximum atomic E-state index is 13.7. The lowest BCUT2D eigenvalue weighted by Crippen LogP contribution is -2.36. The second kappa shape index (κ2) is 4.89. The van der Waals surface area contributed by atoms with E-state index in [-0.39, 0.29) is 23.7 Å². The normalized spacial score (nSPS) is 21.4. The molecule has 1 aromatic carbocycles. The van der Waals surface area contributed by atoms with Crippen LogP contribution in [-0.2, 0) is 4.74 Å². The molecule has 7 heteroatoms. The van der Waals surface area contributed by atoms with Gasteiger partial charge in [0.25, 0.3) is 0 Å². The highest BCUT2D eigenvalue weighted by atomic mass is 79.9. The van der Waals surface area contributed by atoms with Crippen LogP contribution in [0.25, 0.3) is 21.9 Å². The zero-order valence-electron chi connectivity index (χ0n) is 11.8. The topological polar surface area (TPSA) is 59.9 Å². The summed E-state index contributed by atoms with van der Waals surface area (Å²) < 4.78 is 21.1. The largest absolute Gasteiger partial charge is 0.381 e. The van der Waals surface area contributed by atoms with Gasteiger partial charge in [0.1, 0.15) is 5.82 Å². The number of hydrogen-bond donors (Lipinski definition) is 1. The molecular formula is C15H13BrFN3O2. The maximum absolute atomic E-state index is 13.7. The number of pyridine rings is 1. The number of hydrogen-bond acceptors (Lipinski definition) is 3. The summed E-state index contributed by atoms with van der Waals surface area (Å²) in [6.07, 6.45) is 3.37. The number of nitrogens with zero attached hydrogens (tertiary/aromatic N) is 2. The molecule has 5 nitrogen and oxygen atoms in total. The number of benzene rings is 1. The number of nitrogens with one attached hydrogen (secondary N) is 1. The molecule has 0 amide bonds. The first-order valence-electron chi connectivity index (χ1n) is 6.99. The van der Waals surface area contributed by atoms with Crippen molar-refractivity contribution < 1.29 is 9.13 Å². The molecule has 1 fully saturated rings. The minimum Gasteiger partial charge on any atom is -0.381 e. The van der Waals surface area contributed by atoms with Crippen LogP contribution in [0.4, 0.5) is 4.39 Å². The zero-order chi connectivity index (χ0) is 15.4. The van der Waals surface area contributed by atoms with Gasteiger partial charge in [-0.05, 0) is 34.8 Å². The summed E-state index contributed by atoms with van der Waals surface area (Å²) >= 11 is 3.20. The molecule has 3 aromatic rings. The van der Waals surface area contributed by atoms with Crippen LogP contribution in [0.2, 0.25) is 0 Å². The molecule has 0 bridgehead atoms. The van der Waals surface area contributed by atoms with Crippen LogP contribution in [0.3, 0.4) is 0 Å². The molecule has 0 saturated heterocycles. The Hall–Kier alpha value is -1.73. The third-order valence-corrected chi connectivity index (χ3v) is 4.96. The van der Waals surface area contributed by atoms with E-state index in [1.807, 2.05) is 0 Å². The maximum Gasteiger partial charge on any atom is 0.326 e. The van der Waals surface area contributed by atoms with E-state index in [1.54, 1.807) is 23.9 Å². The summed E-state index contributed by atoms with van der Waals surface area (Å²) in [5.74, 6) is -0.369. The number of methoxy groups -OCH3 is 1. The van der Waals surface area contributed by atoms with Crippen molar-refractivity contribution in [2.24, 2.45) is 0 Å². The quantitative estimate of drug-likeness (QED) is 0.758. The number of rotatable bonds is 2. The average molecular weight is 366 g/mol. The predicted molar refractivity (Wildman–Crippen MR) is 84.6 cm³/mol. The van der Waals surface area contributed by atoms with E-state index in [4.69, 9.17) is 4.74 Å². The molecular weight excluding hydrogens is 353 g/mol. The Morgan fingerprint density at radius 3 is 2.95 bits per heavy atom. The van der Waals surface area contributed by atoms with Gasteiger partial charge in [-0.2, -0.15) is 0 Å². The molecule has 1 N–H and O–H groups in total. The van der Waals surface area contributed by atoms with Crippen LogP contribution in [0.1, 0.15) is 18.9 Å². The van der Waals surface area contributed by atoms with Gasteiger partial charge in [-0.15, -0.1) is 0 Å². The van der Waals surface area contributed by atoms with Crippen LogP contribution >= 0.6 is 15.9 Å². The fourth-order valence-corrected chi connectivity index (χ4v) is 3.43. The first-order chi connectivity index (χ1) is 10.6. The van der Waals surface area contributed by atoms with E-state index >= 15 is 0 Å². The standard InChI is InChI=1S/C15H13BrFN3O2/c1-22-8-2-7(3-8)20-14-9-4-10(16)11(17)5-12(9)18-6-13(14)19-15(20)21/h4-8H,2-3H2,1H3,(H,19,21)/t7-,8+. The van der Waals surface area contributed by atoms with Gasteiger partial charge in [0, 0.05) is 24.6 Å². The van der Waals surface area contributed by atoms with Gasteiger partial charge in [0.15, 0.2) is 0 Å². The van der Waals surface area contributed by atoms with Gasteiger partial charge >= 0.3 is 5.69 Å². The molecule has 0 radical (unpaired) electrons. The lowest BCUT2D eigenvalue weighted by atomic mass is 9.89. The number of aromatic amines is 1. The van der Waals surface area contributed by atoms with Crippen molar-refractivity contribution in [1.82, 2.24) is 14.5 Å². The van der Waals surface area contributed by atoms with Gasteiger partial charge < -0.3 is 9.72 Å². The van der Waals surface area contributed by atoms with Crippen molar-refractivity contribution in [3.8, 4) is 0 Å². The second-order valence-corrected chi connectivity index (χ2v) is 6.44. The molecule has 114 valence electrons. The SMILES string of the molecule is CO[C@H]1C[C@@H](n2c(=O)[nH]c3cnc4cc(F)c(Br)cc4c32)C1. The fraction of sp³-hybridized carbons (Fsp3) is 0.333. The summed E-state index contributed by atoms with van der Waals surface area (Å²) in [4.78, 5) is 19.4. The Kier molecular flexibility index (Phi) is 3.09. The molecule has 0 unspecified atom stereocenters. The Labute approximate surface area is 133 Å². The number of aromatic nitrogens is 3. The van der Waals surface area contributed by atoms with E-state index in [1.165, 1.54) is 6.07 Å². The third-order valence-electron chi connectivity index (χ3n) is 4.35. The first-order valence-corrected chi connectivity index (χ1v) is 7.78. The summed E-state index contributed by atoms with van der Waals surface area (Å²) in [6.45, 7) is 0. The van der Waals surface area contributed by atoms with Gasteiger partial charge in [0.05, 0.1) is 33.3 Å². The molecule has 2 heterocycles. The molecule has 4 rings (SSSR count). The Morgan fingerprint density at radius 1 is 1.45 bits per heavy atom. The molecule has 1 aliphatic rings. The summed E-state index contributed by atoms with van der Waals surface area (Å²) in [5.41, 5.74) is 1.81. The van der Waals surface area contributed by atoms with Crippen LogP contribution < -0.4 is 5.69 Å². The van der Waals surface area contributed by atoms with E-state index in [9.17, 15) is 9.18 Å². The molecule has 22 heavy (non-hydrogen) atoms. The van der Waals surface area contributed by atoms with E-state index in [0.717, 1.165) is 23.7 Å². The highest BCUT2D eigenvalue weighted by molar-refractivity contribution is 9.10. The number of ether oxygens (including phenoxy) is 1. The van der Waals surface area contributed by atoms with Crippen molar-refractivity contribution in [2.75, 3.05) is 7.11 Å². The Morgan fingerprint density at radius 2 is 2.23 bits per heavy atom. The van der Waals surface area contributed by atoms with E-state index in [2.05, 4.69) is 25.9 Å². The van der Waals surface area contributed by atoms with Crippen LogP contribution in [0.15, 0.2) is 27.6 Å². The van der Waals surface area contributed by atoms with Crippen molar-refractivity contribution in [1.29, 1.82) is 0 Å². The molecule has 1 aliphatic carbocycles. The first kappa shape index (κ1) is 13.9. The van der Waals surface area contributed by atoms with Crippen LogP contribution in [0.5, 0.6) is 0 Å². The average Bonchev–Trinajstić information content (AvgIpc) is 2.76. The van der Waals surface area contributed by atoms with Crippen molar-refractivity contribution in [3.63, 3.8) is 0 Å². The van der Waals surface area contributed by atoms with E-state index < -0.39 is 0 Å². The monoisotopic (exact) mass is 365 g/mol. The molecule has 0 spiro atoms. The smallest absolute Gasteiger partial charge is 0.326 e. The minimum absolute atomic E-state index is 0.0978. The summed E-state index contributed by atoms with van der Waals surface area (Å²) in [5, 5.41) is 0.755. The highest BCUT2D eigenvalue weighted by Crippen LogP contribution is 2.37. The molecule has 2 aromatic heterocycles. The van der Waals surface area contributed by atoms with Gasteiger partial charge in [-0.1, -0.05) is 0 Å². The minimum atomic E-state index is -0.369. The van der Waals surface area contributed by atoms with Crippen molar-refractivity contribution in [3.05, 3.63) is 39.1 Å². The van der Waals surface area contributed by atoms with Gasteiger partial charge in [0.2, 0.25) is 0 Å². The number of halogens is 2. The number of fused-ring (bicyclic) bond motifs is 3. The predicted octanol–water partition coefficient (Wildman–Crippen LogP) is 3.13. The number of H-pyrrole nitrogens is 1. The Balaban J connectivity index is 2.00. The lowest BCUT2D eigenvalue weighted by molar-refractivity contribution is 0.00653. The van der Waals surface area contributed by atoms with Gasteiger partial charge in [-0.25, -0.2) is 9.18 Å². The van der Waals surface area contributed by atoms with Crippen molar-refractivity contribution >= 4 is 37.9 Å². The molecule has 0 atom stereocenters. The zero-order valence-corrected chi connectivity index (χ0v) is 13.4. The Bertz CT molecular complexity index is 943. The second-order valence-electron chi connectivity index (χ2n) is 5.59. The van der Waals surface area contributed by atoms with Crippen LogP contribution in [-0.4, -0.2) is 27.7 Å². The summed E-state index contributed by atoms with van der Waals surface area (Å²) in [6, 6.07) is 3.15. The molecule has 0 aliphatic heterocycles. The highest BCUT2D eigenvalue weighted by Gasteiger charge is 2.33. The lowest BCUT2D eigenvalue weighted by Gasteiger charge is -2.34. The third kappa shape index (κ3) is 1.92.